The summed E-state index contributed by atoms with van der Waals surface area (Å²) in [5.74, 6) is 1.82. The number of hydrogen-bond acceptors (Lipinski definition) is 4. The van der Waals surface area contributed by atoms with Gasteiger partial charge in [-0.25, -0.2) is 0 Å². The fraction of sp³-hybridized carbons (Fsp3) is 0.478. The molecule has 2 aromatic carbocycles. The number of nitrogens with one attached hydrogen (secondary N) is 1. The number of ether oxygens (including phenoxy) is 3. The first kappa shape index (κ1) is 19.6. The van der Waals surface area contributed by atoms with E-state index in [9.17, 15) is 0 Å². The average molecular weight is 370 g/mol. The van der Waals surface area contributed by atoms with Gasteiger partial charge in [0.1, 0.15) is 18.1 Å². The molecule has 0 bridgehead atoms. The van der Waals surface area contributed by atoms with Crippen molar-refractivity contribution in [1.82, 2.24) is 0 Å². The molecule has 1 heterocycles. The second kappa shape index (κ2) is 10.8. The molecule has 146 valence electrons. The summed E-state index contributed by atoms with van der Waals surface area (Å²) in [5, 5.41) is 3.48. The SMILES string of the molecule is CCCCCOc1ccc(CNc2ccccc2OCC2CCCO2)cc1. The molecule has 1 saturated heterocycles. The third-order valence-electron chi connectivity index (χ3n) is 4.76. The molecule has 0 spiro atoms. The molecule has 0 amide bonds. The largest absolute Gasteiger partial charge is 0.494 e. The molecule has 1 aliphatic rings. The molecule has 1 unspecified atom stereocenters. The van der Waals surface area contributed by atoms with Crippen molar-refractivity contribution >= 4 is 5.69 Å². The van der Waals surface area contributed by atoms with Gasteiger partial charge in [0.05, 0.1) is 18.4 Å². The van der Waals surface area contributed by atoms with Crippen molar-refractivity contribution in [2.75, 3.05) is 25.1 Å². The zero-order valence-corrected chi connectivity index (χ0v) is 16.3. The van der Waals surface area contributed by atoms with Crippen LogP contribution in [0.5, 0.6) is 11.5 Å². The molecular weight excluding hydrogens is 338 g/mol. The number of anilines is 1. The van der Waals surface area contributed by atoms with Crippen molar-refractivity contribution in [2.24, 2.45) is 0 Å². The highest BCUT2D eigenvalue weighted by molar-refractivity contribution is 5.56. The van der Waals surface area contributed by atoms with Gasteiger partial charge in [-0.2, -0.15) is 0 Å². The van der Waals surface area contributed by atoms with Crippen LogP contribution < -0.4 is 14.8 Å². The maximum atomic E-state index is 5.99. The first-order valence-electron chi connectivity index (χ1n) is 10.1. The van der Waals surface area contributed by atoms with Gasteiger partial charge in [0, 0.05) is 13.2 Å². The van der Waals surface area contributed by atoms with E-state index in [0.29, 0.717) is 6.61 Å². The second-order valence-corrected chi connectivity index (χ2v) is 7.00. The highest BCUT2D eigenvalue weighted by atomic mass is 16.5. The Bertz CT molecular complexity index is 666. The summed E-state index contributed by atoms with van der Waals surface area (Å²) in [7, 11) is 0. The van der Waals surface area contributed by atoms with Crippen LogP contribution in [0, 0.1) is 0 Å². The van der Waals surface area contributed by atoms with E-state index in [1.54, 1.807) is 0 Å². The minimum atomic E-state index is 0.225. The maximum Gasteiger partial charge on any atom is 0.142 e. The average Bonchev–Trinajstić information content (AvgIpc) is 3.23. The van der Waals surface area contributed by atoms with Crippen LogP contribution in [0.25, 0.3) is 0 Å². The van der Waals surface area contributed by atoms with Gasteiger partial charge in [-0.05, 0) is 49.1 Å². The van der Waals surface area contributed by atoms with E-state index < -0.39 is 0 Å². The van der Waals surface area contributed by atoms with Crippen molar-refractivity contribution in [1.29, 1.82) is 0 Å². The Balaban J connectivity index is 1.47. The summed E-state index contributed by atoms with van der Waals surface area (Å²) in [6.45, 7) is 5.21. The Morgan fingerprint density at radius 1 is 1.04 bits per heavy atom. The van der Waals surface area contributed by atoms with Gasteiger partial charge in [0.2, 0.25) is 0 Å². The molecule has 0 aromatic heterocycles. The lowest BCUT2D eigenvalue weighted by molar-refractivity contribution is 0.0682. The summed E-state index contributed by atoms with van der Waals surface area (Å²) in [6, 6.07) is 16.4. The van der Waals surface area contributed by atoms with E-state index in [1.807, 2.05) is 30.3 Å². The van der Waals surface area contributed by atoms with Gasteiger partial charge in [-0.15, -0.1) is 0 Å². The predicted octanol–water partition coefficient (Wildman–Crippen LogP) is 5.43. The molecule has 1 N–H and O–H groups in total. The fourth-order valence-electron chi connectivity index (χ4n) is 3.14. The Morgan fingerprint density at radius 2 is 1.89 bits per heavy atom. The Labute approximate surface area is 162 Å². The van der Waals surface area contributed by atoms with E-state index >= 15 is 0 Å². The lowest BCUT2D eigenvalue weighted by atomic mass is 10.2. The third kappa shape index (κ3) is 6.47. The van der Waals surface area contributed by atoms with Crippen LogP contribution in [-0.4, -0.2) is 25.9 Å². The molecular formula is C23H31NO3. The highest BCUT2D eigenvalue weighted by Gasteiger charge is 2.16. The van der Waals surface area contributed by atoms with Crippen LogP contribution in [0.1, 0.15) is 44.6 Å². The van der Waals surface area contributed by atoms with Gasteiger partial charge in [-0.1, -0.05) is 44.0 Å². The number of para-hydroxylation sites is 2. The van der Waals surface area contributed by atoms with E-state index in [4.69, 9.17) is 14.2 Å². The number of unbranched alkanes of at least 4 members (excludes halogenated alkanes) is 2. The van der Waals surface area contributed by atoms with Crippen molar-refractivity contribution in [2.45, 2.75) is 51.7 Å². The van der Waals surface area contributed by atoms with Gasteiger partial charge >= 0.3 is 0 Å². The van der Waals surface area contributed by atoms with Crippen LogP contribution in [0.3, 0.4) is 0 Å². The Kier molecular flexibility index (Phi) is 7.84. The van der Waals surface area contributed by atoms with E-state index in [-0.39, 0.29) is 6.10 Å². The molecule has 2 aromatic rings. The summed E-state index contributed by atoms with van der Waals surface area (Å²) >= 11 is 0. The third-order valence-corrected chi connectivity index (χ3v) is 4.76. The van der Waals surface area contributed by atoms with Gasteiger partial charge in [0.15, 0.2) is 0 Å². The summed E-state index contributed by atoms with van der Waals surface area (Å²) < 4.78 is 17.4. The first-order valence-corrected chi connectivity index (χ1v) is 10.1. The minimum absolute atomic E-state index is 0.225. The maximum absolute atomic E-state index is 5.99. The molecule has 27 heavy (non-hydrogen) atoms. The Morgan fingerprint density at radius 3 is 2.67 bits per heavy atom. The van der Waals surface area contributed by atoms with Gasteiger partial charge < -0.3 is 19.5 Å². The summed E-state index contributed by atoms with van der Waals surface area (Å²) in [5.41, 5.74) is 2.22. The van der Waals surface area contributed by atoms with E-state index in [2.05, 4.69) is 30.4 Å². The minimum Gasteiger partial charge on any atom is -0.494 e. The quantitative estimate of drug-likeness (QED) is 0.537. The van der Waals surface area contributed by atoms with Gasteiger partial charge in [-0.3, -0.25) is 0 Å². The zero-order valence-electron chi connectivity index (χ0n) is 16.3. The van der Waals surface area contributed by atoms with E-state index in [0.717, 1.165) is 56.2 Å². The standard InChI is InChI=1S/C23H31NO3/c1-2-3-6-15-25-20-13-11-19(12-14-20)17-24-22-9-4-5-10-23(22)27-18-21-8-7-16-26-21/h4-5,9-14,21,24H,2-3,6-8,15-18H2,1H3. The van der Waals surface area contributed by atoms with Crippen molar-refractivity contribution in [3.8, 4) is 11.5 Å². The molecule has 1 aliphatic heterocycles. The van der Waals surface area contributed by atoms with E-state index in [1.165, 1.54) is 18.4 Å². The van der Waals surface area contributed by atoms with Crippen LogP contribution in [-0.2, 0) is 11.3 Å². The van der Waals surface area contributed by atoms with Crippen LogP contribution in [0.15, 0.2) is 48.5 Å². The number of benzene rings is 2. The van der Waals surface area contributed by atoms with Crippen molar-refractivity contribution in [3.05, 3.63) is 54.1 Å². The lowest BCUT2D eigenvalue weighted by Gasteiger charge is -2.16. The molecule has 0 aliphatic carbocycles. The first-order chi connectivity index (χ1) is 13.3. The molecule has 0 saturated carbocycles. The highest BCUT2D eigenvalue weighted by Crippen LogP contribution is 2.26. The van der Waals surface area contributed by atoms with Crippen LogP contribution in [0.2, 0.25) is 0 Å². The predicted molar refractivity (Wildman–Crippen MR) is 110 cm³/mol. The zero-order chi connectivity index (χ0) is 18.7. The number of rotatable bonds is 11. The topological polar surface area (TPSA) is 39.7 Å². The molecule has 0 radical (unpaired) electrons. The molecule has 3 rings (SSSR count). The lowest BCUT2D eigenvalue weighted by Crippen LogP contribution is -2.16. The molecule has 1 atom stereocenters. The summed E-state index contributed by atoms with van der Waals surface area (Å²) in [4.78, 5) is 0. The number of hydrogen-bond donors (Lipinski definition) is 1. The summed E-state index contributed by atoms with van der Waals surface area (Å²) in [6.07, 6.45) is 5.99. The van der Waals surface area contributed by atoms with Crippen molar-refractivity contribution in [3.63, 3.8) is 0 Å². The van der Waals surface area contributed by atoms with Crippen LogP contribution >= 0.6 is 0 Å². The molecule has 4 heteroatoms. The smallest absolute Gasteiger partial charge is 0.142 e. The molecule has 1 fully saturated rings. The van der Waals surface area contributed by atoms with Crippen LogP contribution in [0.4, 0.5) is 5.69 Å². The van der Waals surface area contributed by atoms with Crippen molar-refractivity contribution < 1.29 is 14.2 Å². The van der Waals surface area contributed by atoms with Gasteiger partial charge in [0.25, 0.3) is 0 Å². The Hall–Kier alpha value is -2.20. The monoisotopic (exact) mass is 369 g/mol. The normalized spacial score (nSPS) is 16.3. The fourth-order valence-corrected chi connectivity index (χ4v) is 3.14. The second-order valence-electron chi connectivity index (χ2n) is 7.00. The molecule has 4 nitrogen and oxygen atoms in total.